The molecule has 0 aliphatic heterocycles. The molecule has 8 aliphatic rings. The predicted octanol–water partition coefficient (Wildman–Crippen LogP) is 8.71. The van der Waals surface area contributed by atoms with Crippen molar-refractivity contribution in [2.45, 2.75) is 114 Å². The van der Waals surface area contributed by atoms with E-state index in [1.165, 1.54) is 113 Å². The monoisotopic (exact) mass is 525 g/mol. The molecule has 38 heavy (non-hydrogen) atoms. The SMILES string of the molecule is CCCCc1c(-c2ccccc2)c(N)c(C23CC4CC(CC(C4)C2)C3)c(P)c1C12CC3CC(CC(C3)C1)C2. The van der Waals surface area contributed by atoms with Gasteiger partial charge in [0.1, 0.15) is 0 Å². The van der Waals surface area contributed by atoms with Gasteiger partial charge in [0.15, 0.2) is 0 Å². The average molecular weight is 526 g/mol. The molecule has 0 radical (unpaired) electrons. The second kappa shape index (κ2) is 8.83. The Bertz CT molecular complexity index is 1170. The van der Waals surface area contributed by atoms with Crippen molar-refractivity contribution in [1.82, 2.24) is 0 Å². The topological polar surface area (TPSA) is 26.0 Å². The van der Waals surface area contributed by atoms with Crippen LogP contribution >= 0.6 is 9.24 Å². The van der Waals surface area contributed by atoms with Gasteiger partial charge in [-0.2, -0.15) is 0 Å². The summed E-state index contributed by atoms with van der Waals surface area (Å²) in [5.41, 5.74) is 17.3. The van der Waals surface area contributed by atoms with E-state index in [0.717, 1.165) is 35.5 Å². The summed E-state index contributed by atoms with van der Waals surface area (Å²) in [7, 11) is 3.42. The smallest absolute Gasteiger partial charge is 0.0441 e. The summed E-state index contributed by atoms with van der Waals surface area (Å²) in [6.45, 7) is 2.36. The predicted molar refractivity (Wildman–Crippen MR) is 164 cm³/mol. The number of hydrogen-bond acceptors (Lipinski definition) is 1. The summed E-state index contributed by atoms with van der Waals surface area (Å²) in [5, 5.41) is 1.59. The fraction of sp³-hybridized carbons (Fsp3) is 0.667. The molecule has 0 heterocycles. The first-order valence-corrected chi connectivity index (χ1v) is 16.8. The minimum atomic E-state index is 0.319. The quantitative estimate of drug-likeness (QED) is 0.296. The van der Waals surface area contributed by atoms with Crippen LogP contribution < -0.4 is 11.0 Å². The number of hydrogen-bond donors (Lipinski definition) is 1. The molecule has 2 heteroatoms. The van der Waals surface area contributed by atoms with Crippen molar-refractivity contribution < 1.29 is 0 Å². The van der Waals surface area contributed by atoms with Crippen LogP contribution in [0.5, 0.6) is 0 Å². The van der Waals surface area contributed by atoms with E-state index in [-0.39, 0.29) is 0 Å². The van der Waals surface area contributed by atoms with E-state index in [2.05, 4.69) is 46.5 Å². The zero-order valence-electron chi connectivity index (χ0n) is 23.6. The molecule has 0 amide bonds. The van der Waals surface area contributed by atoms with Crippen LogP contribution in [0.4, 0.5) is 5.69 Å². The van der Waals surface area contributed by atoms with Gasteiger partial charge in [-0.25, -0.2) is 0 Å². The average Bonchev–Trinajstić information content (AvgIpc) is 2.86. The molecular weight excluding hydrogens is 477 g/mol. The summed E-state index contributed by atoms with van der Waals surface area (Å²) in [5.74, 6) is 5.70. The van der Waals surface area contributed by atoms with Gasteiger partial charge in [0.25, 0.3) is 0 Å². The number of benzene rings is 2. The van der Waals surface area contributed by atoms with Gasteiger partial charge in [0.05, 0.1) is 0 Å². The highest BCUT2D eigenvalue weighted by atomic mass is 31.0. The normalized spacial score (nSPS) is 40.3. The first kappa shape index (κ1) is 24.5. The Morgan fingerprint density at radius 3 is 1.61 bits per heavy atom. The minimum absolute atomic E-state index is 0.319. The van der Waals surface area contributed by atoms with Gasteiger partial charge in [0.2, 0.25) is 0 Å². The van der Waals surface area contributed by atoms with Gasteiger partial charge in [-0.05, 0) is 164 Å². The first-order chi connectivity index (χ1) is 18.5. The summed E-state index contributed by atoms with van der Waals surface area (Å²) >= 11 is 0. The third-order valence-corrected chi connectivity index (χ3v) is 13.2. The first-order valence-electron chi connectivity index (χ1n) is 16.3. The minimum Gasteiger partial charge on any atom is -0.398 e. The van der Waals surface area contributed by atoms with Crippen molar-refractivity contribution in [3.05, 3.63) is 47.0 Å². The van der Waals surface area contributed by atoms with Crippen molar-refractivity contribution >= 4 is 20.2 Å². The lowest BCUT2D eigenvalue weighted by Crippen LogP contribution is -2.53. The summed E-state index contributed by atoms with van der Waals surface area (Å²) < 4.78 is 0. The van der Waals surface area contributed by atoms with E-state index in [0.29, 0.717) is 10.8 Å². The Hall–Kier alpha value is -1.33. The number of unbranched alkanes of at least 4 members (excludes halogenated alkanes) is 1. The van der Waals surface area contributed by atoms with Crippen molar-refractivity contribution in [2.24, 2.45) is 35.5 Å². The molecule has 2 N–H and O–H groups in total. The zero-order valence-corrected chi connectivity index (χ0v) is 24.8. The standard InChI is InChI=1S/C36H48NP/c1-2-3-9-29-30(28-7-5-4-6-8-28)33(37)32(36-19-25-13-26(20-36)15-27(14-25)21-36)34(38)31(29)35-16-22-10-23(17-35)12-24(11-22)18-35/h4-8,22-27H,2-3,9-21,37-38H2,1H3. The molecule has 1 atom stereocenters. The van der Waals surface area contributed by atoms with Crippen LogP contribution in [0.3, 0.4) is 0 Å². The lowest BCUT2D eigenvalue weighted by Gasteiger charge is -2.60. The van der Waals surface area contributed by atoms with Gasteiger partial charge in [-0.15, -0.1) is 9.24 Å². The van der Waals surface area contributed by atoms with E-state index in [1.807, 2.05) is 0 Å². The zero-order chi connectivity index (χ0) is 25.6. The molecule has 1 nitrogen and oxygen atoms in total. The van der Waals surface area contributed by atoms with Gasteiger partial charge in [-0.3, -0.25) is 0 Å². The fourth-order valence-corrected chi connectivity index (χ4v) is 13.3. The molecule has 8 fully saturated rings. The van der Waals surface area contributed by atoms with Gasteiger partial charge in [-0.1, -0.05) is 43.7 Å². The second-order valence-corrected chi connectivity index (χ2v) is 15.9. The van der Waals surface area contributed by atoms with Crippen LogP contribution in [0.2, 0.25) is 0 Å². The highest BCUT2D eigenvalue weighted by Crippen LogP contribution is 2.65. The third kappa shape index (κ3) is 3.59. The van der Waals surface area contributed by atoms with Crippen LogP contribution in [0.25, 0.3) is 11.1 Å². The molecule has 1 unspecified atom stereocenters. The fourth-order valence-electron chi connectivity index (χ4n) is 12.4. The lowest BCUT2D eigenvalue weighted by molar-refractivity contribution is -0.00737. The lowest BCUT2D eigenvalue weighted by atomic mass is 9.45. The highest BCUT2D eigenvalue weighted by molar-refractivity contribution is 7.27. The maximum absolute atomic E-state index is 7.56. The van der Waals surface area contributed by atoms with Gasteiger partial charge in [0, 0.05) is 11.3 Å². The second-order valence-electron chi connectivity index (χ2n) is 15.3. The molecule has 8 aliphatic carbocycles. The molecule has 0 aromatic heterocycles. The molecule has 202 valence electrons. The van der Waals surface area contributed by atoms with Crippen LogP contribution in [0, 0.1) is 35.5 Å². The molecular formula is C36H48NP. The molecule has 8 bridgehead atoms. The Morgan fingerprint density at radius 2 is 1.16 bits per heavy atom. The van der Waals surface area contributed by atoms with Gasteiger partial charge >= 0.3 is 0 Å². The Balaban J connectivity index is 1.40. The van der Waals surface area contributed by atoms with Gasteiger partial charge < -0.3 is 5.73 Å². The van der Waals surface area contributed by atoms with E-state index in [4.69, 9.17) is 5.73 Å². The summed E-state index contributed by atoms with van der Waals surface area (Å²) in [4.78, 5) is 0. The molecule has 2 aromatic carbocycles. The Kier molecular flexibility index (Phi) is 5.69. The maximum atomic E-state index is 7.56. The van der Waals surface area contributed by atoms with Crippen molar-refractivity contribution in [1.29, 1.82) is 0 Å². The van der Waals surface area contributed by atoms with E-state index in [9.17, 15) is 0 Å². The van der Waals surface area contributed by atoms with Crippen LogP contribution in [-0.4, -0.2) is 0 Å². The van der Waals surface area contributed by atoms with E-state index in [1.54, 1.807) is 22.0 Å². The van der Waals surface area contributed by atoms with Crippen molar-refractivity contribution in [3.8, 4) is 11.1 Å². The summed E-state index contributed by atoms with van der Waals surface area (Å²) in [6, 6.07) is 11.4. The molecule has 0 spiro atoms. The van der Waals surface area contributed by atoms with Crippen LogP contribution in [-0.2, 0) is 17.3 Å². The van der Waals surface area contributed by atoms with Crippen molar-refractivity contribution in [3.63, 3.8) is 0 Å². The van der Waals surface area contributed by atoms with Crippen LogP contribution in [0.1, 0.15) is 114 Å². The molecule has 0 saturated heterocycles. The molecule has 8 saturated carbocycles. The van der Waals surface area contributed by atoms with Crippen LogP contribution in [0.15, 0.2) is 30.3 Å². The summed E-state index contributed by atoms with van der Waals surface area (Å²) in [6.07, 6.45) is 21.2. The maximum Gasteiger partial charge on any atom is 0.0441 e. The van der Waals surface area contributed by atoms with E-state index >= 15 is 0 Å². The number of nitrogens with two attached hydrogens (primary N) is 1. The largest absolute Gasteiger partial charge is 0.398 e. The number of nitrogen functional groups attached to an aromatic ring is 1. The van der Waals surface area contributed by atoms with Crippen molar-refractivity contribution in [2.75, 3.05) is 5.73 Å². The molecule has 2 aromatic rings. The molecule has 10 rings (SSSR count). The Labute approximate surface area is 233 Å². The Morgan fingerprint density at radius 1 is 0.711 bits per heavy atom. The van der Waals surface area contributed by atoms with E-state index < -0.39 is 0 Å². The number of anilines is 1. The number of rotatable bonds is 6. The third-order valence-electron chi connectivity index (χ3n) is 12.7. The highest BCUT2D eigenvalue weighted by Gasteiger charge is 2.56.